The average Bonchev–Trinajstić information content (AvgIpc) is 3.62. The van der Waals surface area contributed by atoms with Crippen molar-refractivity contribution in [2.75, 3.05) is 9.80 Å². The van der Waals surface area contributed by atoms with Crippen LogP contribution < -0.4 is 9.80 Å². The van der Waals surface area contributed by atoms with E-state index in [2.05, 4.69) is 239 Å². The van der Waals surface area contributed by atoms with Gasteiger partial charge >= 0.3 is 0 Å². The zero-order valence-corrected chi connectivity index (χ0v) is 32.6. The second-order valence-corrected chi connectivity index (χ2v) is 14.7. The summed E-state index contributed by atoms with van der Waals surface area (Å²) in [6, 6.07) is 73.1. The van der Waals surface area contributed by atoms with Gasteiger partial charge in [-0.15, -0.1) is 0 Å². The molecule has 4 nitrogen and oxygen atoms in total. The Kier molecular flexibility index (Phi) is 9.71. The van der Waals surface area contributed by atoms with Crippen LogP contribution in [-0.2, 0) is 0 Å². The topological polar surface area (TPSA) is 24.3 Å². The Hall–Kier alpha value is -7.69. The van der Waals surface area contributed by atoms with Gasteiger partial charge in [-0.1, -0.05) is 127 Å². The SMILES string of the molecule is C1=Cc2c(c3c(-c4ccc(N(c5ccccc5)c5ccccc5)cc4)nccc3n2-c2ccccc2)/C(c2ccc(N(c3ccccc3)c3ccccc3)cc2)=C\CC1. The molecule has 0 atom stereocenters. The molecule has 0 aliphatic heterocycles. The number of hydrogen-bond acceptors (Lipinski definition) is 3. The molecule has 59 heavy (non-hydrogen) atoms. The van der Waals surface area contributed by atoms with Crippen LogP contribution in [-0.4, -0.2) is 9.55 Å². The molecular formula is C55H42N4. The van der Waals surface area contributed by atoms with Crippen LogP contribution in [0.4, 0.5) is 34.1 Å². The van der Waals surface area contributed by atoms with Crippen molar-refractivity contribution in [2.45, 2.75) is 12.8 Å². The maximum Gasteiger partial charge on any atom is 0.0802 e. The predicted octanol–water partition coefficient (Wildman–Crippen LogP) is 14.9. The highest BCUT2D eigenvalue weighted by Crippen LogP contribution is 2.44. The summed E-state index contributed by atoms with van der Waals surface area (Å²) in [5.41, 5.74) is 15.6. The largest absolute Gasteiger partial charge is 0.311 e. The quantitative estimate of drug-likeness (QED) is 0.146. The Bertz CT molecular complexity index is 2800. The van der Waals surface area contributed by atoms with Crippen LogP contribution in [0.5, 0.6) is 0 Å². The van der Waals surface area contributed by atoms with Gasteiger partial charge in [-0.2, -0.15) is 0 Å². The molecule has 10 rings (SSSR count). The lowest BCUT2D eigenvalue weighted by molar-refractivity contribution is 1.04. The summed E-state index contributed by atoms with van der Waals surface area (Å²) in [5, 5.41) is 1.14. The van der Waals surface area contributed by atoms with Crippen LogP contribution in [0.15, 0.2) is 225 Å². The van der Waals surface area contributed by atoms with Gasteiger partial charge in [0.05, 0.1) is 16.9 Å². The van der Waals surface area contributed by atoms with Gasteiger partial charge < -0.3 is 14.4 Å². The molecule has 2 aromatic heterocycles. The van der Waals surface area contributed by atoms with Crippen molar-refractivity contribution in [1.29, 1.82) is 0 Å². The summed E-state index contributed by atoms with van der Waals surface area (Å²) in [7, 11) is 0. The lowest BCUT2D eigenvalue weighted by atomic mass is 9.90. The van der Waals surface area contributed by atoms with Gasteiger partial charge in [0.25, 0.3) is 0 Å². The number of para-hydroxylation sites is 5. The van der Waals surface area contributed by atoms with Crippen molar-refractivity contribution in [2.24, 2.45) is 0 Å². The first-order valence-electron chi connectivity index (χ1n) is 20.3. The Morgan fingerprint density at radius 2 is 0.864 bits per heavy atom. The first-order valence-corrected chi connectivity index (χ1v) is 20.3. The van der Waals surface area contributed by atoms with E-state index < -0.39 is 0 Å². The van der Waals surface area contributed by atoms with Crippen molar-refractivity contribution in [3.63, 3.8) is 0 Å². The molecule has 0 spiro atoms. The molecule has 2 heterocycles. The fraction of sp³-hybridized carbons (Fsp3) is 0.0364. The van der Waals surface area contributed by atoms with Gasteiger partial charge in [-0.25, -0.2) is 0 Å². The zero-order valence-electron chi connectivity index (χ0n) is 32.6. The molecule has 4 heteroatoms. The zero-order chi connectivity index (χ0) is 39.4. The van der Waals surface area contributed by atoms with E-state index in [0.717, 1.165) is 80.5 Å². The van der Waals surface area contributed by atoms with E-state index in [1.807, 2.05) is 6.20 Å². The highest BCUT2D eigenvalue weighted by Gasteiger charge is 2.25. The number of allylic oxidation sites excluding steroid dienone is 2. The summed E-state index contributed by atoms with van der Waals surface area (Å²) >= 11 is 0. The van der Waals surface area contributed by atoms with Gasteiger partial charge in [-0.05, 0) is 121 Å². The first kappa shape index (κ1) is 35.7. The lowest BCUT2D eigenvalue weighted by Gasteiger charge is -2.26. The molecule has 1 aliphatic carbocycles. The van der Waals surface area contributed by atoms with Crippen LogP contribution in [0, 0.1) is 0 Å². The molecule has 282 valence electrons. The predicted molar refractivity (Wildman–Crippen MR) is 248 cm³/mol. The van der Waals surface area contributed by atoms with Crippen LogP contribution >= 0.6 is 0 Å². The molecule has 7 aromatic carbocycles. The van der Waals surface area contributed by atoms with Crippen molar-refractivity contribution in [3.8, 4) is 16.9 Å². The highest BCUT2D eigenvalue weighted by molar-refractivity contribution is 6.08. The Morgan fingerprint density at radius 1 is 0.424 bits per heavy atom. The van der Waals surface area contributed by atoms with E-state index in [1.165, 1.54) is 16.7 Å². The third kappa shape index (κ3) is 6.91. The van der Waals surface area contributed by atoms with Gasteiger partial charge in [0, 0.05) is 62.5 Å². The van der Waals surface area contributed by atoms with Crippen molar-refractivity contribution < 1.29 is 0 Å². The van der Waals surface area contributed by atoms with Crippen molar-refractivity contribution in [1.82, 2.24) is 9.55 Å². The standard InChI is InChI=1S/C55H42N4/c1-7-19-43(20-8-1)57(44-21-9-2-10-22-44)48-35-31-41(32-36-48)50-29-17-6-18-30-51-53(50)54-52(59(51)47-27-15-5-16-28-47)39-40-56-55(54)42-33-37-49(38-34-42)58(45-23-11-3-12-24-45)46-25-13-4-14-26-46/h1-5,7-16,18-40H,6,17H2/b30-18?,50-29-. The van der Waals surface area contributed by atoms with E-state index in [4.69, 9.17) is 4.98 Å². The van der Waals surface area contributed by atoms with E-state index in [0.29, 0.717) is 0 Å². The third-order valence-electron chi connectivity index (χ3n) is 11.1. The number of rotatable bonds is 9. The molecule has 9 aromatic rings. The maximum atomic E-state index is 5.18. The third-order valence-corrected chi connectivity index (χ3v) is 11.1. The average molecular weight is 759 g/mol. The van der Waals surface area contributed by atoms with Crippen LogP contribution in [0.3, 0.4) is 0 Å². The minimum Gasteiger partial charge on any atom is -0.311 e. The Labute approximate surface area is 345 Å². The molecular weight excluding hydrogens is 717 g/mol. The number of anilines is 6. The van der Waals surface area contributed by atoms with Gasteiger partial charge in [0.15, 0.2) is 0 Å². The monoisotopic (exact) mass is 758 g/mol. The first-order chi connectivity index (χ1) is 29.3. The number of aromatic nitrogens is 2. The van der Waals surface area contributed by atoms with E-state index >= 15 is 0 Å². The normalized spacial score (nSPS) is 13.2. The Balaban J connectivity index is 1.13. The fourth-order valence-electron chi connectivity index (χ4n) is 8.40. The lowest BCUT2D eigenvalue weighted by Crippen LogP contribution is -2.09. The minimum atomic E-state index is 0.935. The summed E-state index contributed by atoms with van der Waals surface area (Å²) in [6.07, 6.45) is 10.9. The van der Waals surface area contributed by atoms with Gasteiger partial charge in [0.1, 0.15) is 0 Å². The summed E-state index contributed by atoms with van der Waals surface area (Å²) in [5.74, 6) is 0. The molecule has 0 amide bonds. The molecule has 0 saturated heterocycles. The van der Waals surface area contributed by atoms with Crippen LogP contribution in [0.1, 0.15) is 29.7 Å². The summed E-state index contributed by atoms with van der Waals surface area (Å²) in [6.45, 7) is 0. The molecule has 0 saturated carbocycles. The van der Waals surface area contributed by atoms with Crippen LogP contribution in [0.2, 0.25) is 0 Å². The molecule has 0 N–H and O–H groups in total. The van der Waals surface area contributed by atoms with Gasteiger partial charge in [0.2, 0.25) is 0 Å². The summed E-state index contributed by atoms with van der Waals surface area (Å²) < 4.78 is 2.41. The number of pyridine rings is 1. The Morgan fingerprint density at radius 3 is 1.36 bits per heavy atom. The number of fused-ring (bicyclic) bond motifs is 3. The molecule has 0 radical (unpaired) electrons. The number of hydrogen-bond donors (Lipinski definition) is 0. The van der Waals surface area contributed by atoms with Crippen LogP contribution in [0.25, 0.3) is 39.5 Å². The minimum absolute atomic E-state index is 0.935. The maximum absolute atomic E-state index is 5.18. The number of benzene rings is 7. The van der Waals surface area contributed by atoms with Crippen molar-refractivity contribution in [3.05, 3.63) is 241 Å². The molecule has 0 unspecified atom stereocenters. The molecule has 1 aliphatic rings. The second-order valence-electron chi connectivity index (χ2n) is 14.7. The fourth-order valence-corrected chi connectivity index (χ4v) is 8.40. The molecule has 0 fully saturated rings. The second kappa shape index (κ2) is 16.0. The number of nitrogens with zero attached hydrogens (tertiary/aromatic N) is 4. The van der Waals surface area contributed by atoms with Crippen molar-refractivity contribution >= 4 is 56.7 Å². The van der Waals surface area contributed by atoms with Gasteiger partial charge in [-0.3, -0.25) is 4.98 Å². The summed E-state index contributed by atoms with van der Waals surface area (Å²) in [4.78, 5) is 9.80. The van der Waals surface area contributed by atoms with E-state index in [-0.39, 0.29) is 0 Å². The van der Waals surface area contributed by atoms with E-state index in [9.17, 15) is 0 Å². The van der Waals surface area contributed by atoms with E-state index in [1.54, 1.807) is 0 Å². The molecule has 0 bridgehead atoms. The smallest absolute Gasteiger partial charge is 0.0802 e. The highest BCUT2D eigenvalue weighted by atomic mass is 15.1.